The van der Waals surface area contributed by atoms with E-state index < -0.39 is 6.09 Å². The zero-order valence-corrected chi connectivity index (χ0v) is 12.8. The molecule has 112 valence electrons. The maximum absolute atomic E-state index is 10.7. The van der Waals surface area contributed by atoms with E-state index in [2.05, 4.69) is 31.2 Å². The molecule has 0 aromatic heterocycles. The largest absolute Gasteiger partial charge is 0.530 e. The molecule has 3 N–H and O–H groups in total. The molecular formula is C12H15BrN6O2. The molecule has 9 heteroatoms. The summed E-state index contributed by atoms with van der Waals surface area (Å²) in [5.41, 5.74) is 0.762. The van der Waals surface area contributed by atoms with Crippen LogP contribution in [0.5, 0.6) is 0 Å². The van der Waals surface area contributed by atoms with Gasteiger partial charge in [0.25, 0.3) is 0 Å². The van der Waals surface area contributed by atoms with Gasteiger partial charge in [-0.25, -0.2) is 0 Å². The topological polar surface area (TPSA) is 106 Å². The van der Waals surface area contributed by atoms with E-state index in [4.69, 9.17) is 5.84 Å². The van der Waals surface area contributed by atoms with Crippen molar-refractivity contribution in [2.75, 3.05) is 13.1 Å². The first kappa shape index (κ1) is 14.2. The third-order valence-corrected chi connectivity index (χ3v) is 4.52. The number of carbonyl (C=O) groups is 1. The Morgan fingerprint density at radius 3 is 3.19 bits per heavy atom. The number of amidine groups is 1. The van der Waals surface area contributed by atoms with Crippen LogP contribution in [-0.4, -0.2) is 45.7 Å². The second-order valence-electron chi connectivity index (χ2n) is 5.16. The van der Waals surface area contributed by atoms with Gasteiger partial charge < -0.3 is 20.1 Å². The molecule has 0 saturated carbocycles. The van der Waals surface area contributed by atoms with Crippen molar-refractivity contribution in [1.82, 2.24) is 10.2 Å². The van der Waals surface area contributed by atoms with Gasteiger partial charge in [0.05, 0.1) is 12.4 Å². The maximum Gasteiger partial charge on any atom is 0.302 e. The molecule has 0 aromatic carbocycles. The Balaban J connectivity index is 1.86. The van der Waals surface area contributed by atoms with Gasteiger partial charge >= 0.3 is 4.74 Å². The van der Waals surface area contributed by atoms with Gasteiger partial charge in [0, 0.05) is 35.1 Å². The SMILES string of the molecule is N[N+]12C=CN=CC1=C(N1CCCC(NC(=O)[O-])C1)N=C2Br. The number of nitrogens with one attached hydrogen (secondary N) is 1. The van der Waals surface area contributed by atoms with Crippen LogP contribution in [0.2, 0.25) is 0 Å². The average Bonchev–Trinajstić information content (AvgIpc) is 2.71. The van der Waals surface area contributed by atoms with E-state index in [-0.39, 0.29) is 10.6 Å². The van der Waals surface area contributed by atoms with Gasteiger partial charge in [-0.05, 0) is 12.8 Å². The highest BCUT2D eigenvalue weighted by molar-refractivity contribution is 9.18. The van der Waals surface area contributed by atoms with Crippen LogP contribution < -0.4 is 16.3 Å². The molecule has 2 atom stereocenters. The summed E-state index contributed by atoms with van der Waals surface area (Å²) >= 11 is 3.39. The van der Waals surface area contributed by atoms with Crippen molar-refractivity contribution in [2.24, 2.45) is 15.8 Å². The van der Waals surface area contributed by atoms with Crippen molar-refractivity contribution in [3.63, 3.8) is 0 Å². The number of hydrogen-bond donors (Lipinski definition) is 2. The number of nitrogens with two attached hydrogens (primary N) is 1. The van der Waals surface area contributed by atoms with Crippen LogP contribution >= 0.6 is 15.9 Å². The van der Waals surface area contributed by atoms with Crippen LogP contribution in [-0.2, 0) is 0 Å². The third kappa shape index (κ3) is 2.47. The lowest BCUT2D eigenvalue weighted by molar-refractivity contribution is -0.746. The standard InChI is InChI=1S/C12H15BrN6O2/c13-11-17-10(9-6-15-3-5-19(9,11)14)18-4-1-2-8(7-18)16-12(20)21/h3,5-6,8,16H,1-2,4,7,14H2. The van der Waals surface area contributed by atoms with E-state index in [1.165, 1.54) is 0 Å². The fraction of sp³-hybridized carbons (Fsp3) is 0.417. The number of carboxylic acid groups (broad SMARTS) is 1. The molecule has 1 saturated heterocycles. The highest BCUT2D eigenvalue weighted by Crippen LogP contribution is 2.33. The van der Waals surface area contributed by atoms with Crippen LogP contribution in [0, 0.1) is 0 Å². The molecule has 3 rings (SSSR count). The summed E-state index contributed by atoms with van der Waals surface area (Å²) < 4.78 is 0.526. The number of piperidine rings is 1. The lowest BCUT2D eigenvalue weighted by Gasteiger charge is -2.34. The zero-order valence-electron chi connectivity index (χ0n) is 11.2. The van der Waals surface area contributed by atoms with Crippen molar-refractivity contribution < 1.29 is 14.5 Å². The molecule has 1 fully saturated rings. The molecule has 8 nitrogen and oxygen atoms in total. The van der Waals surface area contributed by atoms with Crippen LogP contribution in [0.25, 0.3) is 0 Å². The highest BCUT2D eigenvalue weighted by atomic mass is 79.9. The number of aliphatic imine (C=N–C) groups is 2. The van der Waals surface area contributed by atoms with E-state index in [0.29, 0.717) is 11.3 Å². The van der Waals surface area contributed by atoms with E-state index in [9.17, 15) is 9.90 Å². The summed E-state index contributed by atoms with van der Waals surface area (Å²) in [6, 6.07) is -0.165. The number of likely N-dealkylation sites (tertiary alicyclic amines) is 1. The monoisotopic (exact) mass is 354 g/mol. The van der Waals surface area contributed by atoms with Gasteiger partial charge in [0.1, 0.15) is 12.3 Å². The van der Waals surface area contributed by atoms with Crippen molar-refractivity contribution in [3.8, 4) is 0 Å². The number of hydrogen-bond acceptors (Lipinski definition) is 6. The second kappa shape index (κ2) is 5.24. The van der Waals surface area contributed by atoms with Crippen molar-refractivity contribution >= 4 is 33.0 Å². The van der Waals surface area contributed by atoms with Gasteiger partial charge in [-0.1, -0.05) is 0 Å². The molecule has 1 amide bonds. The average molecular weight is 355 g/mol. The first-order valence-corrected chi connectivity index (χ1v) is 7.40. The maximum atomic E-state index is 10.7. The smallest absolute Gasteiger partial charge is 0.302 e. The minimum Gasteiger partial charge on any atom is -0.530 e. The van der Waals surface area contributed by atoms with E-state index in [1.807, 2.05) is 4.90 Å². The minimum atomic E-state index is -1.25. The van der Waals surface area contributed by atoms with E-state index in [1.54, 1.807) is 18.6 Å². The molecule has 0 aromatic rings. The van der Waals surface area contributed by atoms with Gasteiger partial charge in [-0.15, -0.1) is 4.59 Å². The van der Waals surface area contributed by atoms with E-state index >= 15 is 0 Å². The summed E-state index contributed by atoms with van der Waals surface area (Å²) in [6.45, 7) is 1.33. The molecule has 0 bridgehead atoms. The number of amides is 1. The van der Waals surface area contributed by atoms with Crippen LogP contribution in [0.1, 0.15) is 12.8 Å². The quantitative estimate of drug-likeness (QED) is 0.398. The molecular weight excluding hydrogens is 340 g/mol. The number of nitrogens with zero attached hydrogens (tertiary/aromatic N) is 4. The molecule has 3 aliphatic rings. The fourth-order valence-electron chi connectivity index (χ4n) is 2.73. The van der Waals surface area contributed by atoms with Crippen LogP contribution in [0.4, 0.5) is 4.79 Å². The lowest BCUT2D eigenvalue weighted by atomic mass is 10.1. The lowest BCUT2D eigenvalue weighted by Crippen LogP contribution is -2.52. The van der Waals surface area contributed by atoms with Crippen LogP contribution in [0.3, 0.4) is 0 Å². The molecule has 0 radical (unpaired) electrons. The zero-order chi connectivity index (χ0) is 15.0. The number of allylic oxidation sites excluding steroid dienone is 1. The predicted octanol–water partition coefficient (Wildman–Crippen LogP) is -0.437. The minimum absolute atomic E-state index is 0.0477. The number of quaternary nitrogens is 1. The molecule has 3 aliphatic heterocycles. The Hall–Kier alpha value is -1.71. The number of rotatable bonds is 2. The predicted molar refractivity (Wildman–Crippen MR) is 78.6 cm³/mol. The van der Waals surface area contributed by atoms with Gasteiger partial charge in [0.2, 0.25) is 11.5 Å². The van der Waals surface area contributed by atoms with E-state index in [0.717, 1.165) is 30.9 Å². The van der Waals surface area contributed by atoms with Crippen molar-refractivity contribution in [2.45, 2.75) is 18.9 Å². The number of fused-ring (bicyclic) bond motifs is 1. The molecule has 0 spiro atoms. The van der Waals surface area contributed by atoms with Crippen LogP contribution in [0.15, 0.2) is 33.9 Å². The molecule has 0 aliphatic carbocycles. The summed E-state index contributed by atoms with van der Waals surface area (Å²) in [7, 11) is 0. The summed E-state index contributed by atoms with van der Waals surface area (Å²) in [5.74, 6) is 7.02. The van der Waals surface area contributed by atoms with Crippen molar-refractivity contribution in [3.05, 3.63) is 23.9 Å². The Morgan fingerprint density at radius 1 is 1.62 bits per heavy atom. The fourth-order valence-corrected chi connectivity index (χ4v) is 3.21. The Bertz CT molecular complexity index is 599. The molecule has 2 unspecified atom stereocenters. The molecule has 21 heavy (non-hydrogen) atoms. The Labute approximate surface area is 130 Å². The van der Waals surface area contributed by atoms with Crippen molar-refractivity contribution in [1.29, 1.82) is 0 Å². The third-order valence-electron chi connectivity index (χ3n) is 3.76. The first-order valence-electron chi connectivity index (χ1n) is 6.61. The normalized spacial score (nSPS) is 31.2. The summed E-state index contributed by atoms with van der Waals surface area (Å²) in [5, 5.41) is 13.1. The summed E-state index contributed by atoms with van der Waals surface area (Å²) in [4.78, 5) is 21.3. The molecule has 3 heterocycles. The Kier molecular flexibility index (Phi) is 3.56. The van der Waals surface area contributed by atoms with Gasteiger partial charge in [0.15, 0.2) is 0 Å². The number of carbonyl (C=O) groups excluding carboxylic acids is 1. The number of halogens is 1. The van der Waals surface area contributed by atoms with Gasteiger partial charge in [-0.3, -0.25) is 4.99 Å². The van der Waals surface area contributed by atoms with Gasteiger partial charge in [-0.2, -0.15) is 10.8 Å². The highest BCUT2D eigenvalue weighted by Gasteiger charge is 2.44. The Morgan fingerprint density at radius 2 is 2.43 bits per heavy atom. The summed E-state index contributed by atoms with van der Waals surface area (Å²) in [6.07, 6.45) is 5.45. The second-order valence-corrected chi connectivity index (χ2v) is 5.87. The first-order chi connectivity index (χ1) is 10.0.